The second-order valence-electron chi connectivity index (χ2n) is 13.2. The average molecular weight is 736 g/mol. The number of esters is 1. The van der Waals surface area contributed by atoms with Gasteiger partial charge in [-0.3, -0.25) is 0 Å². The summed E-state index contributed by atoms with van der Waals surface area (Å²) in [5, 5.41) is 9.56. The van der Waals surface area contributed by atoms with Crippen molar-refractivity contribution in [2.45, 2.75) is 94.9 Å². The van der Waals surface area contributed by atoms with Gasteiger partial charge in [0.1, 0.15) is 24.5 Å². The molecule has 0 bridgehead atoms. The molecule has 1 aliphatic heterocycles. The zero-order valence-corrected chi connectivity index (χ0v) is 30.3. The van der Waals surface area contributed by atoms with Gasteiger partial charge in [0, 0.05) is 26.5 Å². The van der Waals surface area contributed by atoms with E-state index in [0.29, 0.717) is 45.5 Å². The predicted molar refractivity (Wildman–Crippen MR) is 192 cm³/mol. The molecule has 1 aliphatic carbocycles. The molecule has 246 valence electrons. The SMILES string of the molecule is CC1=C(C(=O)OC2CCCCC2)C(c2cc(Br)ccc2OCc2ccc(C(C)(C)C)cc2)n2nc(SCc3ccccc3Cl)nc2N1. The minimum atomic E-state index is -0.625. The molecule has 7 nitrogen and oxygen atoms in total. The third-order valence-electron chi connectivity index (χ3n) is 8.67. The highest BCUT2D eigenvalue weighted by Gasteiger charge is 2.38. The van der Waals surface area contributed by atoms with Crippen LogP contribution in [0.2, 0.25) is 5.02 Å². The smallest absolute Gasteiger partial charge is 0.338 e. The van der Waals surface area contributed by atoms with Crippen LogP contribution in [0.4, 0.5) is 5.95 Å². The number of hydrogen-bond donors (Lipinski definition) is 1. The number of benzene rings is 3. The van der Waals surface area contributed by atoms with E-state index in [1.807, 2.05) is 49.4 Å². The number of hydrogen-bond acceptors (Lipinski definition) is 7. The monoisotopic (exact) mass is 734 g/mol. The van der Waals surface area contributed by atoms with Gasteiger partial charge in [0.2, 0.25) is 11.1 Å². The molecule has 0 spiro atoms. The van der Waals surface area contributed by atoms with Gasteiger partial charge in [0.25, 0.3) is 0 Å². The molecule has 3 aromatic carbocycles. The molecule has 1 saturated carbocycles. The molecule has 0 amide bonds. The molecule has 47 heavy (non-hydrogen) atoms. The summed E-state index contributed by atoms with van der Waals surface area (Å²) in [6, 6.07) is 21.6. The third kappa shape index (κ3) is 7.90. The van der Waals surface area contributed by atoms with Crippen molar-refractivity contribution in [3.63, 3.8) is 0 Å². The fourth-order valence-electron chi connectivity index (χ4n) is 6.03. The van der Waals surface area contributed by atoms with E-state index in [1.54, 1.807) is 4.68 Å². The van der Waals surface area contributed by atoms with Crippen molar-refractivity contribution in [1.29, 1.82) is 0 Å². The largest absolute Gasteiger partial charge is 0.489 e. The topological polar surface area (TPSA) is 78.3 Å². The molecular formula is C37H40BrClN4O3S. The van der Waals surface area contributed by atoms with Gasteiger partial charge in [-0.1, -0.05) is 109 Å². The Hall–Kier alpha value is -3.27. The molecule has 10 heteroatoms. The Kier molecular flexibility index (Phi) is 10.3. The molecule has 1 aromatic heterocycles. The number of carbonyl (C=O) groups excluding carboxylic acids is 1. The van der Waals surface area contributed by atoms with Crippen molar-refractivity contribution in [1.82, 2.24) is 14.8 Å². The molecule has 0 radical (unpaired) electrons. The molecule has 1 atom stereocenters. The first-order chi connectivity index (χ1) is 22.6. The average Bonchev–Trinajstić information content (AvgIpc) is 3.45. The Morgan fingerprint density at radius 2 is 1.81 bits per heavy atom. The molecule has 1 N–H and O–H groups in total. The fourth-order valence-corrected chi connectivity index (χ4v) is 7.52. The summed E-state index contributed by atoms with van der Waals surface area (Å²) < 4.78 is 15.3. The van der Waals surface area contributed by atoms with Gasteiger partial charge >= 0.3 is 5.97 Å². The maximum absolute atomic E-state index is 14.1. The Labute approximate surface area is 294 Å². The van der Waals surface area contributed by atoms with E-state index in [1.165, 1.54) is 23.7 Å². The summed E-state index contributed by atoms with van der Waals surface area (Å²) in [5.74, 6) is 1.47. The lowest BCUT2D eigenvalue weighted by Gasteiger charge is -2.31. The van der Waals surface area contributed by atoms with E-state index in [9.17, 15) is 4.79 Å². The number of allylic oxidation sites excluding steroid dienone is 1. The number of ether oxygens (including phenoxy) is 2. The summed E-state index contributed by atoms with van der Waals surface area (Å²) in [7, 11) is 0. The highest BCUT2D eigenvalue weighted by Crippen LogP contribution is 2.42. The fraction of sp³-hybridized carbons (Fsp3) is 0.378. The minimum absolute atomic E-state index is 0.0696. The van der Waals surface area contributed by atoms with Gasteiger partial charge in [0.05, 0.1) is 5.57 Å². The molecule has 1 fully saturated rings. The Morgan fingerprint density at radius 3 is 2.53 bits per heavy atom. The minimum Gasteiger partial charge on any atom is -0.489 e. The maximum atomic E-state index is 14.1. The van der Waals surface area contributed by atoms with Crippen molar-refractivity contribution in [2.75, 3.05) is 5.32 Å². The number of anilines is 1. The lowest BCUT2D eigenvalue weighted by atomic mass is 9.87. The van der Waals surface area contributed by atoms with Crippen LogP contribution in [0.15, 0.2) is 87.6 Å². The standard InChI is InChI=1S/C37H40BrClN4O3S/c1-23-32(34(44)46-28-11-6-5-7-12-28)33(43-35(40-23)41-36(42-43)47-22-25-10-8-9-13-30(25)39)29-20-27(38)18-19-31(29)45-21-24-14-16-26(17-15-24)37(2,3)4/h8-10,13-20,28,33H,5-7,11-12,21-22H2,1-4H3,(H,40,41,42). The van der Waals surface area contributed by atoms with Gasteiger partial charge in [-0.25, -0.2) is 9.48 Å². The van der Waals surface area contributed by atoms with Crippen LogP contribution in [-0.4, -0.2) is 26.8 Å². The second kappa shape index (κ2) is 14.5. The highest BCUT2D eigenvalue weighted by molar-refractivity contribution is 9.10. The normalized spacial score (nSPS) is 16.9. The molecule has 0 saturated heterocycles. The highest BCUT2D eigenvalue weighted by atomic mass is 79.9. The summed E-state index contributed by atoms with van der Waals surface area (Å²) in [6.45, 7) is 8.89. The summed E-state index contributed by atoms with van der Waals surface area (Å²) >= 11 is 11.6. The van der Waals surface area contributed by atoms with Gasteiger partial charge in [-0.05, 0) is 79.0 Å². The number of aromatic nitrogens is 3. The van der Waals surface area contributed by atoms with Gasteiger partial charge in [-0.15, -0.1) is 5.10 Å². The summed E-state index contributed by atoms with van der Waals surface area (Å²) in [4.78, 5) is 18.9. The summed E-state index contributed by atoms with van der Waals surface area (Å²) in [6.07, 6.45) is 4.98. The lowest BCUT2D eigenvalue weighted by molar-refractivity contribution is -0.146. The second-order valence-corrected chi connectivity index (χ2v) is 15.5. The van der Waals surface area contributed by atoms with Crippen molar-refractivity contribution >= 4 is 51.2 Å². The van der Waals surface area contributed by atoms with Crippen molar-refractivity contribution in [3.8, 4) is 5.75 Å². The number of fused-ring (bicyclic) bond motifs is 1. The number of thioether (sulfide) groups is 1. The number of nitrogens with zero attached hydrogens (tertiary/aromatic N) is 3. The first-order valence-corrected chi connectivity index (χ1v) is 18.3. The van der Waals surface area contributed by atoms with Crippen LogP contribution in [-0.2, 0) is 27.3 Å². The van der Waals surface area contributed by atoms with E-state index in [4.69, 9.17) is 31.2 Å². The van der Waals surface area contributed by atoms with Gasteiger partial charge in [-0.2, -0.15) is 4.98 Å². The van der Waals surface area contributed by atoms with Gasteiger partial charge in [0.15, 0.2) is 0 Å². The van der Waals surface area contributed by atoms with Crippen LogP contribution >= 0.6 is 39.3 Å². The number of nitrogens with one attached hydrogen (secondary N) is 1. The van der Waals surface area contributed by atoms with E-state index >= 15 is 0 Å². The Morgan fingerprint density at radius 1 is 1.06 bits per heavy atom. The zero-order chi connectivity index (χ0) is 33.1. The summed E-state index contributed by atoms with van der Waals surface area (Å²) in [5.41, 5.74) is 5.36. The van der Waals surface area contributed by atoms with Gasteiger partial charge < -0.3 is 14.8 Å². The molecular weight excluding hydrogens is 696 g/mol. The van der Waals surface area contributed by atoms with Crippen molar-refractivity contribution in [3.05, 3.63) is 110 Å². The number of carbonyl (C=O) groups is 1. The predicted octanol–water partition coefficient (Wildman–Crippen LogP) is 10.0. The van der Waals surface area contributed by atoms with Crippen LogP contribution in [0, 0.1) is 0 Å². The number of rotatable bonds is 9. The van der Waals surface area contributed by atoms with Crippen molar-refractivity contribution in [2.24, 2.45) is 0 Å². The first kappa shape index (κ1) is 33.6. The molecule has 1 unspecified atom stereocenters. The molecule has 2 aliphatic rings. The zero-order valence-electron chi connectivity index (χ0n) is 27.2. The Balaban J connectivity index is 1.35. The van der Waals surface area contributed by atoms with Crippen molar-refractivity contribution < 1.29 is 14.3 Å². The van der Waals surface area contributed by atoms with E-state index in [-0.39, 0.29) is 17.5 Å². The molecule has 2 heterocycles. The lowest BCUT2D eigenvalue weighted by Crippen LogP contribution is -2.32. The van der Waals surface area contributed by atoms with E-state index in [0.717, 1.165) is 46.8 Å². The van der Waals surface area contributed by atoms with Crippen LogP contribution < -0.4 is 10.1 Å². The number of halogens is 2. The third-order valence-corrected chi connectivity index (χ3v) is 10.4. The van der Waals surface area contributed by atoms with Crippen LogP contribution in [0.25, 0.3) is 0 Å². The van der Waals surface area contributed by atoms with Crippen LogP contribution in [0.3, 0.4) is 0 Å². The first-order valence-electron chi connectivity index (χ1n) is 16.1. The van der Waals surface area contributed by atoms with Crippen LogP contribution in [0.1, 0.15) is 88.1 Å². The van der Waals surface area contributed by atoms with E-state index < -0.39 is 6.04 Å². The van der Waals surface area contributed by atoms with E-state index in [2.05, 4.69) is 66.3 Å². The maximum Gasteiger partial charge on any atom is 0.338 e. The quantitative estimate of drug-likeness (QED) is 0.135. The molecule has 4 aromatic rings. The molecule has 6 rings (SSSR count). The Bertz CT molecular complexity index is 1780. The van der Waals surface area contributed by atoms with Crippen LogP contribution in [0.5, 0.6) is 5.75 Å².